The van der Waals surface area contributed by atoms with E-state index in [9.17, 15) is 0 Å². The summed E-state index contributed by atoms with van der Waals surface area (Å²) in [6.07, 6.45) is 3.23. The van der Waals surface area contributed by atoms with Crippen LogP contribution in [0.3, 0.4) is 0 Å². The van der Waals surface area contributed by atoms with Gasteiger partial charge < -0.3 is 5.32 Å². The third-order valence-corrected chi connectivity index (χ3v) is 2.38. The highest BCUT2D eigenvalue weighted by Crippen LogP contribution is 2.14. The molecular formula is C13H25N3. The van der Waals surface area contributed by atoms with E-state index in [1.807, 2.05) is 16.9 Å². The van der Waals surface area contributed by atoms with Crippen molar-refractivity contribution >= 4 is 5.82 Å². The molecule has 0 aliphatic heterocycles. The van der Waals surface area contributed by atoms with Gasteiger partial charge in [0.25, 0.3) is 0 Å². The van der Waals surface area contributed by atoms with E-state index < -0.39 is 0 Å². The number of hydrogen-bond acceptors (Lipinski definition) is 2. The van der Waals surface area contributed by atoms with Crippen molar-refractivity contribution in [3.63, 3.8) is 0 Å². The molecule has 0 saturated carbocycles. The van der Waals surface area contributed by atoms with Crippen molar-refractivity contribution in [3.05, 3.63) is 12.3 Å². The Labute approximate surface area is 99.2 Å². The average molecular weight is 223 g/mol. The zero-order valence-electron chi connectivity index (χ0n) is 11.2. The van der Waals surface area contributed by atoms with Crippen LogP contribution in [0.4, 0.5) is 5.82 Å². The Kier molecular flexibility index (Phi) is 4.39. The minimum absolute atomic E-state index is 0.293. The summed E-state index contributed by atoms with van der Waals surface area (Å²) in [5.41, 5.74) is 0.293. The quantitative estimate of drug-likeness (QED) is 0.829. The fraction of sp³-hybridized carbons (Fsp3) is 0.769. The van der Waals surface area contributed by atoms with E-state index in [4.69, 9.17) is 0 Å². The molecule has 0 amide bonds. The van der Waals surface area contributed by atoms with E-state index in [2.05, 4.69) is 45.0 Å². The maximum absolute atomic E-state index is 4.49. The van der Waals surface area contributed by atoms with Gasteiger partial charge in [-0.25, -0.2) is 0 Å². The largest absolute Gasteiger partial charge is 0.368 e. The highest BCUT2D eigenvalue weighted by molar-refractivity contribution is 5.32. The lowest BCUT2D eigenvalue weighted by Crippen LogP contribution is -2.19. The van der Waals surface area contributed by atoms with Gasteiger partial charge >= 0.3 is 0 Å². The van der Waals surface area contributed by atoms with Crippen LogP contribution < -0.4 is 5.32 Å². The minimum atomic E-state index is 0.293. The second-order valence-corrected chi connectivity index (χ2v) is 6.06. The van der Waals surface area contributed by atoms with Gasteiger partial charge in [-0.1, -0.05) is 34.6 Å². The van der Waals surface area contributed by atoms with E-state index in [0.717, 1.165) is 24.8 Å². The molecule has 0 radical (unpaired) electrons. The maximum Gasteiger partial charge on any atom is 0.148 e. The second-order valence-electron chi connectivity index (χ2n) is 6.06. The molecule has 16 heavy (non-hydrogen) atoms. The van der Waals surface area contributed by atoms with E-state index in [-0.39, 0.29) is 0 Å². The van der Waals surface area contributed by atoms with Crippen LogP contribution in [0.2, 0.25) is 0 Å². The molecule has 3 nitrogen and oxygen atoms in total. The number of hydrogen-bond donors (Lipinski definition) is 1. The molecule has 0 atom stereocenters. The van der Waals surface area contributed by atoms with Crippen molar-refractivity contribution in [2.45, 2.75) is 47.6 Å². The smallest absolute Gasteiger partial charge is 0.148 e. The van der Waals surface area contributed by atoms with Crippen molar-refractivity contribution in [1.82, 2.24) is 9.78 Å². The zero-order valence-corrected chi connectivity index (χ0v) is 11.2. The van der Waals surface area contributed by atoms with Crippen molar-refractivity contribution in [2.75, 3.05) is 11.9 Å². The van der Waals surface area contributed by atoms with Crippen molar-refractivity contribution in [3.8, 4) is 0 Å². The number of aromatic nitrogens is 2. The molecule has 0 unspecified atom stereocenters. The number of rotatable bonds is 5. The van der Waals surface area contributed by atoms with Crippen LogP contribution in [0.5, 0.6) is 0 Å². The van der Waals surface area contributed by atoms with E-state index in [1.54, 1.807) is 0 Å². The summed E-state index contributed by atoms with van der Waals surface area (Å²) in [6, 6.07) is 2.05. The predicted molar refractivity (Wildman–Crippen MR) is 69.6 cm³/mol. The van der Waals surface area contributed by atoms with Crippen LogP contribution in [0.15, 0.2) is 12.3 Å². The number of nitrogens with one attached hydrogen (secondary N) is 1. The first-order valence-corrected chi connectivity index (χ1v) is 6.14. The SMILES string of the molecule is CC(C)CCn1ccc(NCC(C)(C)C)n1. The molecule has 1 heterocycles. The third-order valence-electron chi connectivity index (χ3n) is 2.38. The van der Waals surface area contributed by atoms with Gasteiger partial charge in [0.2, 0.25) is 0 Å². The van der Waals surface area contributed by atoms with Crippen LogP contribution in [-0.2, 0) is 6.54 Å². The Bertz CT molecular complexity index is 307. The number of anilines is 1. The molecule has 0 spiro atoms. The van der Waals surface area contributed by atoms with Crippen LogP contribution in [0.25, 0.3) is 0 Å². The Morgan fingerprint density at radius 3 is 2.62 bits per heavy atom. The van der Waals surface area contributed by atoms with Gasteiger partial charge in [0.1, 0.15) is 5.82 Å². The molecule has 1 rings (SSSR count). The third kappa shape index (κ3) is 5.19. The molecule has 92 valence electrons. The Hall–Kier alpha value is -0.990. The molecule has 0 aliphatic carbocycles. The number of nitrogens with zero attached hydrogens (tertiary/aromatic N) is 2. The summed E-state index contributed by atoms with van der Waals surface area (Å²) in [6.45, 7) is 13.1. The molecule has 0 aromatic carbocycles. The normalized spacial score (nSPS) is 12.1. The second kappa shape index (κ2) is 5.37. The Morgan fingerprint density at radius 1 is 1.38 bits per heavy atom. The zero-order chi connectivity index (χ0) is 12.2. The predicted octanol–water partition coefficient (Wildman–Crippen LogP) is 3.39. The van der Waals surface area contributed by atoms with E-state index >= 15 is 0 Å². The van der Waals surface area contributed by atoms with Gasteiger partial charge in [-0.2, -0.15) is 5.10 Å². The van der Waals surface area contributed by atoms with Crippen LogP contribution in [0, 0.1) is 11.3 Å². The molecular weight excluding hydrogens is 198 g/mol. The van der Waals surface area contributed by atoms with Gasteiger partial charge in [0, 0.05) is 25.4 Å². The van der Waals surface area contributed by atoms with Crippen molar-refractivity contribution in [2.24, 2.45) is 11.3 Å². The van der Waals surface area contributed by atoms with Gasteiger partial charge in [-0.05, 0) is 17.8 Å². The summed E-state index contributed by atoms with van der Waals surface area (Å²) in [7, 11) is 0. The summed E-state index contributed by atoms with van der Waals surface area (Å²) in [4.78, 5) is 0. The highest BCUT2D eigenvalue weighted by Gasteiger charge is 2.10. The molecule has 1 aromatic heterocycles. The lowest BCUT2D eigenvalue weighted by Gasteiger charge is -2.18. The molecule has 0 fully saturated rings. The fourth-order valence-electron chi connectivity index (χ4n) is 1.33. The minimum Gasteiger partial charge on any atom is -0.368 e. The summed E-state index contributed by atoms with van der Waals surface area (Å²) < 4.78 is 2.02. The van der Waals surface area contributed by atoms with Crippen LogP contribution in [0.1, 0.15) is 41.0 Å². The van der Waals surface area contributed by atoms with Gasteiger partial charge in [0.05, 0.1) is 0 Å². The lowest BCUT2D eigenvalue weighted by molar-refractivity contribution is 0.441. The summed E-state index contributed by atoms with van der Waals surface area (Å²) in [5.74, 6) is 1.72. The maximum atomic E-state index is 4.49. The summed E-state index contributed by atoms with van der Waals surface area (Å²) >= 11 is 0. The molecule has 3 heteroatoms. The van der Waals surface area contributed by atoms with Crippen molar-refractivity contribution in [1.29, 1.82) is 0 Å². The first kappa shape index (κ1) is 13.1. The van der Waals surface area contributed by atoms with Gasteiger partial charge in [-0.3, -0.25) is 4.68 Å². The first-order valence-electron chi connectivity index (χ1n) is 6.14. The van der Waals surface area contributed by atoms with Gasteiger partial charge in [0.15, 0.2) is 0 Å². The number of aryl methyl sites for hydroxylation is 1. The van der Waals surface area contributed by atoms with Gasteiger partial charge in [-0.15, -0.1) is 0 Å². The molecule has 1 aromatic rings. The van der Waals surface area contributed by atoms with Crippen molar-refractivity contribution < 1.29 is 0 Å². The topological polar surface area (TPSA) is 29.9 Å². The highest BCUT2D eigenvalue weighted by atomic mass is 15.3. The van der Waals surface area contributed by atoms with E-state index in [0.29, 0.717) is 5.41 Å². The monoisotopic (exact) mass is 223 g/mol. The average Bonchev–Trinajstić information content (AvgIpc) is 2.58. The standard InChI is InChI=1S/C13H25N3/c1-11(2)6-8-16-9-7-12(15-16)14-10-13(3,4)5/h7,9,11H,6,8,10H2,1-5H3,(H,14,15). The van der Waals surface area contributed by atoms with Crippen LogP contribution in [-0.4, -0.2) is 16.3 Å². The Morgan fingerprint density at radius 2 is 2.06 bits per heavy atom. The molecule has 0 saturated heterocycles. The lowest BCUT2D eigenvalue weighted by atomic mass is 9.97. The van der Waals surface area contributed by atoms with E-state index in [1.165, 1.54) is 6.42 Å². The molecule has 0 bridgehead atoms. The first-order chi connectivity index (χ1) is 7.37. The Balaban J connectivity index is 2.39. The fourth-order valence-corrected chi connectivity index (χ4v) is 1.33. The summed E-state index contributed by atoms with van der Waals surface area (Å²) in [5, 5.41) is 7.85. The van der Waals surface area contributed by atoms with Crippen LogP contribution >= 0.6 is 0 Å². The molecule has 0 aliphatic rings. The molecule has 1 N–H and O–H groups in total.